The highest BCUT2D eigenvalue weighted by atomic mass is 16.2. The van der Waals surface area contributed by atoms with Gasteiger partial charge in [-0.3, -0.25) is 14.5 Å². The van der Waals surface area contributed by atoms with Crippen LogP contribution < -0.4 is 5.32 Å². The van der Waals surface area contributed by atoms with Crippen molar-refractivity contribution in [2.75, 3.05) is 26.2 Å². The van der Waals surface area contributed by atoms with Crippen LogP contribution in [0.25, 0.3) is 0 Å². The molecule has 2 amide bonds. The van der Waals surface area contributed by atoms with Gasteiger partial charge in [0, 0.05) is 39.3 Å². The topological polar surface area (TPSA) is 52.7 Å². The predicted octanol–water partition coefficient (Wildman–Crippen LogP) is 2.98. The van der Waals surface area contributed by atoms with Crippen molar-refractivity contribution in [3.05, 3.63) is 71.3 Å². The summed E-state index contributed by atoms with van der Waals surface area (Å²) in [6, 6.07) is 18.4. The van der Waals surface area contributed by atoms with Gasteiger partial charge in [0.1, 0.15) is 5.41 Å². The number of nitrogens with zero attached hydrogens (tertiary/aromatic N) is 2. The third-order valence-electron chi connectivity index (χ3n) is 5.55. The van der Waals surface area contributed by atoms with Crippen molar-refractivity contribution < 1.29 is 9.59 Å². The first-order chi connectivity index (χ1) is 13.9. The lowest BCUT2D eigenvalue weighted by Gasteiger charge is -2.38. The number of amides is 2. The molecule has 1 fully saturated rings. The maximum Gasteiger partial charge on any atom is 0.237 e. The van der Waals surface area contributed by atoms with Gasteiger partial charge in [-0.2, -0.15) is 0 Å². The molecule has 5 nitrogen and oxygen atoms in total. The van der Waals surface area contributed by atoms with Crippen LogP contribution in [0.15, 0.2) is 54.6 Å². The van der Waals surface area contributed by atoms with E-state index in [2.05, 4.69) is 22.3 Å². The Kier molecular flexibility index (Phi) is 6.70. The molecule has 1 heterocycles. The molecule has 0 spiro atoms. The molecule has 0 unspecified atom stereocenters. The van der Waals surface area contributed by atoms with E-state index < -0.39 is 5.41 Å². The Balaban J connectivity index is 1.51. The average Bonchev–Trinajstić information content (AvgIpc) is 2.73. The number of hydrogen-bond donors (Lipinski definition) is 1. The summed E-state index contributed by atoms with van der Waals surface area (Å²) < 4.78 is 0. The lowest BCUT2D eigenvalue weighted by Crippen LogP contribution is -2.55. The van der Waals surface area contributed by atoms with Crippen LogP contribution in [-0.4, -0.2) is 47.8 Å². The zero-order chi connectivity index (χ0) is 20.9. The van der Waals surface area contributed by atoms with E-state index >= 15 is 0 Å². The van der Waals surface area contributed by atoms with E-state index in [0.29, 0.717) is 19.6 Å². The van der Waals surface area contributed by atoms with E-state index in [1.807, 2.05) is 54.3 Å². The lowest BCUT2D eigenvalue weighted by atomic mass is 9.89. The molecule has 0 aliphatic carbocycles. The number of hydrogen-bond acceptors (Lipinski definition) is 3. The van der Waals surface area contributed by atoms with E-state index in [4.69, 9.17) is 0 Å². The molecule has 0 saturated carbocycles. The van der Waals surface area contributed by atoms with Crippen molar-refractivity contribution in [1.82, 2.24) is 15.1 Å². The number of nitrogens with one attached hydrogen (secondary N) is 1. The highest BCUT2D eigenvalue weighted by molar-refractivity contribution is 6.04. The van der Waals surface area contributed by atoms with Gasteiger partial charge in [-0.1, -0.05) is 60.2 Å². The van der Waals surface area contributed by atoms with Crippen LogP contribution in [0.1, 0.15) is 30.5 Å². The molecule has 1 N–H and O–H groups in total. The lowest BCUT2D eigenvalue weighted by molar-refractivity contribution is -0.150. The maximum absolute atomic E-state index is 13.0. The first kappa shape index (κ1) is 21.1. The Hall–Kier alpha value is -2.66. The molecule has 1 aliphatic rings. The van der Waals surface area contributed by atoms with Crippen LogP contribution in [0.2, 0.25) is 0 Å². The largest absolute Gasteiger partial charge is 0.351 e. The summed E-state index contributed by atoms with van der Waals surface area (Å²) in [5.41, 5.74) is 2.39. The summed E-state index contributed by atoms with van der Waals surface area (Å²) in [6.45, 7) is 9.74. The van der Waals surface area contributed by atoms with Crippen LogP contribution >= 0.6 is 0 Å². The third-order valence-corrected chi connectivity index (χ3v) is 5.55. The Morgan fingerprint density at radius 2 is 1.59 bits per heavy atom. The smallest absolute Gasteiger partial charge is 0.237 e. The molecule has 154 valence electrons. The van der Waals surface area contributed by atoms with E-state index in [1.165, 1.54) is 5.56 Å². The molecule has 0 bridgehead atoms. The Morgan fingerprint density at radius 3 is 2.24 bits per heavy atom. The standard InChI is InChI=1S/C24H31N3O2/c1-19-8-7-11-21(16-19)17-25-22(28)24(2,3)23(29)27-14-12-26(13-15-27)18-20-9-5-4-6-10-20/h4-11,16H,12-15,17-18H2,1-3H3,(H,25,28). The van der Waals surface area contributed by atoms with Crippen LogP contribution in [0, 0.1) is 12.3 Å². The van der Waals surface area contributed by atoms with Gasteiger partial charge in [-0.25, -0.2) is 0 Å². The number of carbonyl (C=O) groups is 2. The second kappa shape index (κ2) is 9.23. The fourth-order valence-electron chi connectivity index (χ4n) is 3.67. The second-order valence-corrected chi connectivity index (χ2v) is 8.35. The molecule has 0 radical (unpaired) electrons. The van der Waals surface area contributed by atoms with Crippen LogP contribution in [0.4, 0.5) is 0 Å². The van der Waals surface area contributed by atoms with E-state index in [-0.39, 0.29) is 11.8 Å². The highest BCUT2D eigenvalue weighted by Gasteiger charge is 2.39. The molecule has 0 atom stereocenters. The number of carbonyl (C=O) groups excluding carboxylic acids is 2. The SMILES string of the molecule is Cc1cccc(CNC(=O)C(C)(C)C(=O)N2CCN(Cc3ccccc3)CC2)c1. The summed E-state index contributed by atoms with van der Waals surface area (Å²) in [5, 5.41) is 2.93. The number of piperazine rings is 1. The fraction of sp³-hybridized carbons (Fsp3) is 0.417. The minimum atomic E-state index is -1.08. The summed E-state index contributed by atoms with van der Waals surface area (Å²) in [5.74, 6) is -0.325. The van der Waals surface area contributed by atoms with E-state index in [1.54, 1.807) is 13.8 Å². The Labute approximate surface area is 173 Å². The van der Waals surface area contributed by atoms with Gasteiger partial charge in [0.25, 0.3) is 0 Å². The third kappa shape index (κ3) is 5.45. The van der Waals surface area contributed by atoms with Crippen molar-refractivity contribution >= 4 is 11.8 Å². The van der Waals surface area contributed by atoms with Crippen molar-refractivity contribution in [1.29, 1.82) is 0 Å². The predicted molar refractivity (Wildman–Crippen MR) is 115 cm³/mol. The maximum atomic E-state index is 13.0. The van der Waals surface area contributed by atoms with Gasteiger partial charge in [0.15, 0.2) is 0 Å². The molecule has 1 aliphatic heterocycles. The first-order valence-electron chi connectivity index (χ1n) is 10.3. The van der Waals surface area contributed by atoms with Crippen molar-refractivity contribution in [3.63, 3.8) is 0 Å². The zero-order valence-corrected chi connectivity index (χ0v) is 17.6. The molecule has 3 rings (SSSR count). The van der Waals surface area contributed by atoms with Crippen LogP contribution in [-0.2, 0) is 22.7 Å². The summed E-state index contributed by atoms with van der Waals surface area (Å²) >= 11 is 0. The fourth-order valence-corrected chi connectivity index (χ4v) is 3.67. The van der Waals surface area contributed by atoms with E-state index in [0.717, 1.165) is 30.8 Å². The number of rotatable bonds is 6. The van der Waals surface area contributed by atoms with Gasteiger partial charge in [-0.15, -0.1) is 0 Å². The molecule has 2 aromatic carbocycles. The molecule has 5 heteroatoms. The van der Waals surface area contributed by atoms with Gasteiger partial charge in [0.05, 0.1) is 0 Å². The quantitative estimate of drug-likeness (QED) is 0.768. The molecule has 0 aromatic heterocycles. The zero-order valence-electron chi connectivity index (χ0n) is 17.6. The van der Waals surface area contributed by atoms with Crippen molar-refractivity contribution in [2.45, 2.75) is 33.9 Å². The average molecular weight is 394 g/mol. The van der Waals surface area contributed by atoms with Crippen molar-refractivity contribution in [3.8, 4) is 0 Å². The summed E-state index contributed by atoms with van der Waals surface area (Å²) in [4.78, 5) is 30.0. The molecule has 2 aromatic rings. The van der Waals surface area contributed by atoms with Gasteiger partial charge in [0.2, 0.25) is 11.8 Å². The molecule has 29 heavy (non-hydrogen) atoms. The minimum absolute atomic E-state index is 0.0985. The minimum Gasteiger partial charge on any atom is -0.351 e. The first-order valence-corrected chi connectivity index (χ1v) is 10.3. The van der Waals surface area contributed by atoms with E-state index in [9.17, 15) is 9.59 Å². The highest BCUT2D eigenvalue weighted by Crippen LogP contribution is 2.21. The normalized spacial score (nSPS) is 15.2. The number of benzene rings is 2. The van der Waals surface area contributed by atoms with Gasteiger partial charge < -0.3 is 10.2 Å². The summed E-state index contributed by atoms with van der Waals surface area (Å²) in [6.07, 6.45) is 0. The summed E-state index contributed by atoms with van der Waals surface area (Å²) in [7, 11) is 0. The van der Waals surface area contributed by atoms with Gasteiger partial charge >= 0.3 is 0 Å². The van der Waals surface area contributed by atoms with Crippen molar-refractivity contribution in [2.24, 2.45) is 5.41 Å². The Morgan fingerprint density at radius 1 is 0.931 bits per heavy atom. The Bertz CT molecular complexity index is 840. The molecular weight excluding hydrogens is 362 g/mol. The van der Waals surface area contributed by atoms with Gasteiger partial charge in [-0.05, 0) is 31.9 Å². The monoisotopic (exact) mass is 393 g/mol. The number of aryl methyl sites for hydroxylation is 1. The molecular formula is C24H31N3O2. The second-order valence-electron chi connectivity index (χ2n) is 8.35. The van der Waals surface area contributed by atoms with Crippen LogP contribution in [0.3, 0.4) is 0 Å². The molecule has 1 saturated heterocycles. The van der Waals surface area contributed by atoms with Crippen LogP contribution in [0.5, 0.6) is 0 Å².